The Hall–Kier alpha value is 0.650. The van der Waals surface area contributed by atoms with Crippen molar-refractivity contribution in [2.24, 2.45) is 5.92 Å². The predicted octanol–water partition coefficient (Wildman–Crippen LogP) is 2.79. The van der Waals surface area contributed by atoms with Crippen LogP contribution in [0.4, 0.5) is 0 Å². The quantitative estimate of drug-likeness (QED) is 0.589. The van der Waals surface area contributed by atoms with Crippen LogP contribution in [0.25, 0.3) is 0 Å². The van der Waals surface area contributed by atoms with E-state index in [9.17, 15) is 0 Å². The van der Waals surface area contributed by atoms with Crippen LogP contribution in [0.2, 0.25) is 0 Å². The van der Waals surface area contributed by atoms with Gasteiger partial charge in [0.05, 0.1) is 6.10 Å². The third-order valence-electron chi connectivity index (χ3n) is 3.26. The Morgan fingerprint density at radius 2 is 1.93 bits per heavy atom. The largest absolute Gasteiger partial charge is 0.381 e. The number of ether oxygens (including phenoxy) is 2. The lowest BCUT2D eigenvalue weighted by Crippen LogP contribution is -2.25. The fraction of sp³-hybridized carbons (Fsp3) is 1.00. The highest BCUT2D eigenvalue weighted by Gasteiger charge is 2.26. The summed E-state index contributed by atoms with van der Waals surface area (Å²) in [4.78, 5) is 0. The number of alkyl halides is 1. The minimum Gasteiger partial charge on any atom is -0.381 e. The van der Waals surface area contributed by atoms with E-state index in [1.807, 2.05) is 0 Å². The van der Waals surface area contributed by atoms with Gasteiger partial charge in [0.1, 0.15) is 0 Å². The lowest BCUT2D eigenvalue weighted by atomic mass is 10.0. The van der Waals surface area contributed by atoms with Gasteiger partial charge in [0.25, 0.3) is 0 Å². The van der Waals surface area contributed by atoms with Crippen molar-refractivity contribution in [2.75, 3.05) is 19.8 Å². The van der Waals surface area contributed by atoms with E-state index in [1.54, 1.807) is 0 Å². The number of halogens is 1. The van der Waals surface area contributed by atoms with Crippen molar-refractivity contribution >= 4 is 22.6 Å². The molecule has 1 saturated heterocycles. The minimum absolute atomic E-state index is 0.540. The molecular formula is C11H19IO2. The van der Waals surface area contributed by atoms with Gasteiger partial charge in [-0.2, -0.15) is 0 Å². The molecule has 0 aromatic heterocycles. The lowest BCUT2D eigenvalue weighted by Gasteiger charge is -2.24. The van der Waals surface area contributed by atoms with Gasteiger partial charge in [0.15, 0.2) is 0 Å². The monoisotopic (exact) mass is 310 g/mol. The van der Waals surface area contributed by atoms with Gasteiger partial charge in [-0.25, -0.2) is 0 Å². The molecule has 2 fully saturated rings. The van der Waals surface area contributed by atoms with Gasteiger partial charge in [-0.3, -0.25) is 0 Å². The number of rotatable bonds is 3. The van der Waals surface area contributed by atoms with Gasteiger partial charge in [-0.05, 0) is 38.0 Å². The topological polar surface area (TPSA) is 18.5 Å². The standard InChI is InChI=1S/C11H19IO2/c12-10-2-1-3-11(10)14-8-9-4-6-13-7-5-9/h9-11H,1-8H2. The molecule has 0 bridgehead atoms. The van der Waals surface area contributed by atoms with E-state index in [4.69, 9.17) is 9.47 Å². The Morgan fingerprint density at radius 3 is 2.57 bits per heavy atom. The van der Waals surface area contributed by atoms with Gasteiger partial charge in [-0.15, -0.1) is 0 Å². The molecule has 0 amide bonds. The van der Waals surface area contributed by atoms with Crippen LogP contribution in [0.5, 0.6) is 0 Å². The lowest BCUT2D eigenvalue weighted by molar-refractivity contribution is -0.00547. The zero-order chi connectivity index (χ0) is 9.80. The van der Waals surface area contributed by atoms with Crippen molar-refractivity contribution in [2.45, 2.75) is 42.1 Å². The van der Waals surface area contributed by atoms with E-state index in [0.717, 1.165) is 29.7 Å². The molecular weight excluding hydrogens is 291 g/mol. The maximum absolute atomic E-state index is 5.99. The fourth-order valence-corrected chi connectivity index (χ4v) is 3.25. The van der Waals surface area contributed by atoms with Crippen LogP contribution in [-0.4, -0.2) is 29.8 Å². The molecule has 1 saturated carbocycles. The van der Waals surface area contributed by atoms with Gasteiger partial charge in [0, 0.05) is 23.7 Å². The molecule has 1 heterocycles. The average molecular weight is 310 g/mol. The molecule has 1 aliphatic heterocycles. The van der Waals surface area contributed by atoms with Crippen LogP contribution in [0.3, 0.4) is 0 Å². The Bertz CT molecular complexity index is 169. The highest BCUT2D eigenvalue weighted by molar-refractivity contribution is 14.1. The second-order valence-electron chi connectivity index (χ2n) is 4.37. The highest BCUT2D eigenvalue weighted by Crippen LogP contribution is 2.29. The summed E-state index contributed by atoms with van der Waals surface area (Å²) >= 11 is 2.54. The molecule has 2 unspecified atom stereocenters. The first kappa shape index (κ1) is 11.1. The van der Waals surface area contributed by atoms with Crippen molar-refractivity contribution in [3.05, 3.63) is 0 Å². The molecule has 14 heavy (non-hydrogen) atoms. The molecule has 2 atom stereocenters. The Balaban J connectivity index is 1.65. The van der Waals surface area contributed by atoms with E-state index < -0.39 is 0 Å². The van der Waals surface area contributed by atoms with Crippen LogP contribution in [0.1, 0.15) is 32.1 Å². The van der Waals surface area contributed by atoms with E-state index in [0.29, 0.717) is 6.10 Å². The highest BCUT2D eigenvalue weighted by atomic mass is 127. The van der Waals surface area contributed by atoms with E-state index in [1.165, 1.54) is 32.1 Å². The molecule has 2 nitrogen and oxygen atoms in total. The summed E-state index contributed by atoms with van der Waals surface area (Å²) in [5.41, 5.74) is 0. The van der Waals surface area contributed by atoms with E-state index in [-0.39, 0.29) is 0 Å². The maximum atomic E-state index is 5.99. The first-order chi connectivity index (χ1) is 6.86. The van der Waals surface area contributed by atoms with Gasteiger partial charge < -0.3 is 9.47 Å². The summed E-state index contributed by atoms with van der Waals surface area (Å²) in [7, 11) is 0. The van der Waals surface area contributed by atoms with E-state index in [2.05, 4.69) is 22.6 Å². The van der Waals surface area contributed by atoms with E-state index >= 15 is 0 Å². The number of hydrogen-bond acceptors (Lipinski definition) is 2. The molecule has 3 heteroatoms. The summed E-state index contributed by atoms with van der Waals surface area (Å²) in [6.45, 7) is 2.84. The molecule has 2 rings (SSSR count). The summed E-state index contributed by atoms with van der Waals surface area (Å²) in [5.74, 6) is 0.757. The van der Waals surface area contributed by atoms with Crippen LogP contribution in [0.15, 0.2) is 0 Å². The molecule has 0 aromatic carbocycles. The maximum Gasteiger partial charge on any atom is 0.0692 e. The first-order valence-electron chi connectivity index (χ1n) is 5.69. The summed E-state index contributed by atoms with van der Waals surface area (Å²) in [5, 5.41) is 0. The summed E-state index contributed by atoms with van der Waals surface area (Å²) in [6, 6.07) is 0. The van der Waals surface area contributed by atoms with Crippen LogP contribution in [-0.2, 0) is 9.47 Å². The van der Waals surface area contributed by atoms with Crippen molar-refractivity contribution in [3.63, 3.8) is 0 Å². The molecule has 0 spiro atoms. The first-order valence-corrected chi connectivity index (χ1v) is 6.94. The van der Waals surface area contributed by atoms with Gasteiger partial charge >= 0.3 is 0 Å². The smallest absolute Gasteiger partial charge is 0.0692 e. The average Bonchev–Trinajstić information content (AvgIpc) is 2.63. The molecule has 0 aromatic rings. The normalized spacial score (nSPS) is 34.9. The summed E-state index contributed by atoms with van der Waals surface area (Å²) in [6.07, 6.45) is 6.90. The molecule has 0 radical (unpaired) electrons. The van der Waals surface area contributed by atoms with Crippen molar-refractivity contribution in [1.82, 2.24) is 0 Å². The van der Waals surface area contributed by atoms with Crippen LogP contribution in [0, 0.1) is 5.92 Å². The molecule has 1 aliphatic carbocycles. The van der Waals surface area contributed by atoms with Crippen molar-refractivity contribution in [3.8, 4) is 0 Å². The second kappa shape index (κ2) is 5.66. The molecule has 2 aliphatic rings. The van der Waals surface area contributed by atoms with Gasteiger partial charge in [0.2, 0.25) is 0 Å². The number of hydrogen-bond donors (Lipinski definition) is 0. The SMILES string of the molecule is IC1CCCC1OCC1CCOCC1. The zero-order valence-electron chi connectivity index (χ0n) is 8.58. The zero-order valence-corrected chi connectivity index (χ0v) is 10.7. The predicted molar refractivity (Wildman–Crippen MR) is 64.9 cm³/mol. The Morgan fingerprint density at radius 1 is 1.14 bits per heavy atom. The van der Waals surface area contributed by atoms with Crippen molar-refractivity contribution < 1.29 is 9.47 Å². The van der Waals surface area contributed by atoms with Crippen molar-refractivity contribution in [1.29, 1.82) is 0 Å². The summed E-state index contributed by atoms with van der Waals surface area (Å²) < 4.78 is 12.1. The van der Waals surface area contributed by atoms with Crippen LogP contribution < -0.4 is 0 Å². The van der Waals surface area contributed by atoms with Crippen LogP contribution >= 0.6 is 22.6 Å². The molecule has 0 N–H and O–H groups in total. The molecule has 82 valence electrons. The van der Waals surface area contributed by atoms with Gasteiger partial charge in [-0.1, -0.05) is 22.6 Å². The second-order valence-corrected chi connectivity index (χ2v) is 5.97. The third kappa shape index (κ3) is 3.07. The Labute approximate surface area is 99.9 Å². The fourth-order valence-electron chi connectivity index (χ4n) is 2.24. The Kier molecular flexibility index (Phi) is 4.50. The minimum atomic E-state index is 0.540. The third-order valence-corrected chi connectivity index (χ3v) is 4.68.